The lowest BCUT2D eigenvalue weighted by atomic mass is 10.0. The van der Waals surface area contributed by atoms with Crippen LogP contribution in [0, 0.1) is 11.3 Å². The number of nitriles is 1. The van der Waals surface area contributed by atoms with E-state index in [-0.39, 0.29) is 5.95 Å². The maximum absolute atomic E-state index is 8.68. The molecule has 0 amide bonds. The first-order chi connectivity index (χ1) is 14.6. The summed E-state index contributed by atoms with van der Waals surface area (Å²) in [4.78, 5) is 8.77. The Kier molecular flexibility index (Phi) is 5.77. The number of benzene rings is 3. The van der Waals surface area contributed by atoms with E-state index in [0.29, 0.717) is 18.8 Å². The average Bonchev–Trinajstić information content (AvgIpc) is 2.74. The molecular weight excluding hydrogens is 442 g/mol. The van der Waals surface area contributed by atoms with Crippen molar-refractivity contribution in [2.45, 2.75) is 6.42 Å². The van der Waals surface area contributed by atoms with Gasteiger partial charge in [-0.1, -0.05) is 40.2 Å². The van der Waals surface area contributed by atoms with Gasteiger partial charge in [0.1, 0.15) is 18.2 Å². The zero-order chi connectivity index (χ0) is 20.9. The second-order valence-electron chi connectivity index (χ2n) is 6.58. The lowest BCUT2D eigenvalue weighted by Gasteiger charge is -2.12. The average molecular weight is 460 g/mol. The largest absolute Gasteiger partial charge is 0.493 e. The maximum Gasteiger partial charge on any atom is 0.222 e. The van der Waals surface area contributed by atoms with E-state index in [1.165, 1.54) is 0 Å². The van der Waals surface area contributed by atoms with Crippen molar-refractivity contribution < 1.29 is 4.74 Å². The van der Waals surface area contributed by atoms with E-state index < -0.39 is 0 Å². The lowest BCUT2D eigenvalue weighted by molar-refractivity contribution is 0.327. The second kappa shape index (κ2) is 8.80. The minimum absolute atomic E-state index is 0.209. The summed E-state index contributed by atoms with van der Waals surface area (Å²) in [5.74, 6) is 1.57. The minimum Gasteiger partial charge on any atom is -0.493 e. The molecule has 3 aromatic carbocycles. The van der Waals surface area contributed by atoms with Gasteiger partial charge in [-0.15, -0.1) is 0 Å². The van der Waals surface area contributed by atoms with Crippen molar-refractivity contribution in [3.05, 3.63) is 71.2 Å². The van der Waals surface area contributed by atoms with E-state index in [9.17, 15) is 0 Å². The Morgan fingerprint density at radius 3 is 2.67 bits per heavy atom. The van der Waals surface area contributed by atoms with Crippen LogP contribution in [0.5, 0.6) is 5.75 Å². The standard InChI is InChI=1S/C23H18BrN5O/c24-17-5-2-6-18(14-17)27-22-20-13-16(8-9-21(20)28-23(26)29-22)15-4-1-7-19(12-15)30-11-3-10-25/h1-2,4-9,12-14H,3,11H2,(H3,26,27,28,29). The van der Waals surface area contributed by atoms with Crippen molar-refractivity contribution in [1.82, 2.24) is 9.97 Å². The number of nitrogens with zero attached hydrogens (tertiary/aromatic N) is 3. The van der Waals surface area contributed by atoms with Gasteiger partial charge in [-0.05, 0) is 53.6 Å². The molecule has 0 unspecified atom stereocenters. The van der Waals surface area contributed by atoms with E-state index in [4.69, 9.17) is 15.7 Å². The molecule has 3 N–H and O–H groups in total. The first-order valence-corrected chi connectivity index (χ1v) is 10.1. The molecule has 30 heavy (non-hydrogen) atoms. The van der Waals surface area contributed by atoms with Crippen LogP contribution in [0.2, 0.25) is 0 Å². The quantitative estimate of drug-likeness (QED) is 0.360. The highest BCUT2D eigenvalue weighted by molar-refractivity contribution is 9.10. The second-order valence-corrected chi connectivity index (χ2v) is 7.50. The summed E-state index contributed by atoms with van der Waals surface area (Å²) < 4.78 is 6.61. The molecule has 0 spiro atoms. The molecule has 1 heterocycles. The molecule has 4 aromatic rings. The van der Waals surface area contributed by atoms with E-state index >= 15 is 0 Å². The van der Waals surface area contributed by atoms with Gasteiger partial charge in [0, 0.05) is 15.5 Å². The van der Waals surface area contributed by atoms with Crippen molar-refractivity contribution in [2.75, 3.05) is 17.7 Å². The molecule has 0 aliphatic carbocycles. The van der Waals surface area contributed by atoms with Crippen LogP contribution < -0.4 is 15.8 Å². The highest BCUT2D eigenvalue weighted by atomic mass is 79.9. The number of rotatable bonds is 6. The first-order valence-electron chi connectivity index (χ1n) is 9.32. The van der Waals surface area contributed by atoms with E-state index in [1.807, 2.05) is 66.7 Å². The number of anilines is 3. The molecule has 0 aliphatic heterocycles. The molecule has 0 atom stereocenters. The van der Waals surface area contributed by atoms with Gasteiger partial charge < -0.3 is 15.8 Å². The molecule has 7 heteroatoms. The Morgan fingerprint density at radius 1 is 1.00 bits per heavy atom. The van der Waals surface area contributed by atoms with Crippen molar-refractivity contribution in [1.29, 1.82) is 5.26 Å². The number of halogens is 1. The van der Waals surface area contributed by atoms with Crippen LogP contribution >= 0.6 is 15.9 Å². The normalized spacial score (nSPS) is 10.5. The van der Waals surface area contributed by atoms with Crippen LogP contribution in [-0.2, 0) is 0 Å². The third-order valence-electron chi connectivity index (χ3n) is 4.45. The topological polar surface area (TPSA) is 96.8 Å². The number of ether oxygens (including phenoxy) is 1. The summed E-state index contributed by atoms with van der Waals surface area (Å²) in [5, 5.41) is 12.9. The van der Waals surface area contributed by atoms with E-state index in [2.05, 4.69) is 37.3 Å². The number of nitrogens with two attached hydrogens (primary N) is 1. The maximum atomic E-state index is 8.68. The Labute approximate surface area is 182 Å². The van der Waals surface area contributed by atoms with Crippen molar-refractivity contribution in [2.24, 2.45) is 0 Å². The predicted octanol–water partition coefficient (Wildman–Crippen LogP) is 5.68. The van der Waals surface area contributed by atoms with Crippen LogP contribution in [0.3, 0.4) is 0 Å². The fraction of sp³-hybridized carbons (Fsp3) is 0.0870. The molecular formula is C23H18BrN5O. The van der Waals surface area contributed by atoms with Crippen molar-refractivity contribution >= 4 is 44.3 Å². The van der Waals surface area contributed by atoms with Crippen LogP contribution in [0.25, 0.3) is 22.0 Å². The molecule has 6 nitrogen and oxygen atoms in total. The van der Waals surface area contributed by atoms with E-state index in [1.54, 1.807) is 0 Å². The van der Waals surface area contributed by atoms with Crippen LogP contribution in [0.15, 0.2) is 71.2 Å². The number of nitrogens with one attached hydrogen (secondary N) is 1. The smallest absolute Gasteiger partial charge is 0.222 e. The van der Waals surface area contributed by atoms with Gasteiger partial charge in [0.25, 0.3) is 0 Å². The summed E-state index contributed by atoms with van der Waals surface area (Å²) in [6.45, 7) is 0.367. The molecule has 0 saturated carbocycles. The molecule has 4 rings (SSSR count). The summed E-state index contributed by atoms with van der Waals surface area (Å²) in [5.41, 5.74) is 9.57. The summed E-state index contributed by atoms with van der Waals surface area (Å²) in [6.07, 6.45) is 0.351. The monoisotopic (exact) mass is 459 g/mol. The highest BCUT2D eigenvalue weighted by Gasteiger charge is 2.10. The third-order valence-corrected chi connectivity index (χ3v) is 4.94. The number of hydrogen-bond donors (Lipinski definition) is 2. The third kappa shape index (κ3) is 4.50. The van der Waals surface area contributed by atoms with Crippen LogP contribution in [0.1, 0.15) is 6.42 Å². The predicted molar refractivity (Wildman–Crippen MR) is 123 cm³/mol. The molecule has 0 aliphatic rings. The molecule has 0 saturated heterocycles. The van der Waals surface area contributed by atoms with Gasteiger partial charge in [-0.3, -0.25) is 0 Å². The number of nitrogen functional groups attached to an aromatic ring is 1. The summed E-state index contributed by atoms with van der Waals surface area (Å²) in [6, 6.07) is 23.6. The van der Waals surface area contributed by atoms with Crippen LogP contribution in [0.4, 0.5) is 17.5 Å². The van der Waals surface area contributed by atoms with Crippen LogP contribution in [-0.4, -0.2) is 16.6 Å². The van der Waals surface area contributed by atoms with Crippen molar-refractivity contribution in [3.63, 3.8) is 0 Å². The number of fused-ring (bicyclic) bond motifs is 1. The van der Waals surface area contributed by atoms with Crippen molar-refractivity contribution in [3.8, 4) is 22.9 Å². The Balaban J connectivity index is 1.72. The molecule has 1 aromatic heterocycles. The highest BCUT2D eigenvalue weighted by Crippen LogP contribution is 2.31. The Bertz CT molecular complexity index is 1250. The first kappa shape index (κ1) is 19.7. The van der Waals surface area contributed by atoms with Gasteiger partial charge in [0.05, 0.1) is 18.0 Å². The minimum atomic E-state index is 0.209. The molecule has 0 fully saturated rings. The fourth-order valence-electron chi connectivity index (χ4n) is 3.10. The summed E-state index contributed by atoms with van der Waals surface area (Å²) in [7, 11) is 0. The number of hydrogen-bond acceptors (Lipinski definition) is 6. The number of aromatic nitrogens is 2. The lowest BCUT2D eigenvalue weighted by Crippen LogP contribution is -2.01. The zero-order valence-electron chi connectivity index (χ0n) is 16.0. The molecule has 0 radical (unpaired) electrons. The fourth-order valence-corrected chi connectivity index (χ4v) is 3.50. The zero-order valence-corrected chi connectivity index (χ0v) is 17.6. The SMILES string of the molecule is N#CCCOc1cccc(-c2ccc3nc(N)nc(Nc4cccc(Br)c4)c3c2)c1. The Hall–Kier alpha value is -3.63. The summed E-state index contributed by atoms with van der Waals surface area (Å²) >= 11 is 3.48. The van der Waals surface area contributed by atoms with Gasteiger partial charge in [-0.25, -0.2) is 4.98 Å². The van der Waals surface area contributed by atoms with Gasteiger partial charge >= 0.3 is 0 Å². The van der Waals surface area contributed by atoms with Gasteiger partial charge in [0.2, 0.25) is 5.95 Å². The molecule has 0 bridgehead atoms. The van der Waals surface area contributed by atoms with Gasteiger partial charge in [-0.2, -0.15) is 10.2 Å². The van der Waals surface area contributed by atoms with Gasteiger partial charge in [0.15, 0.2) is 0 Å². The van der Waals surface area contributed by atoms with E-state index in [0.717, 1.165) is 37.9 Å². The molecule has 148 valence electrons. The Morgan fingerprint density at radius 2 is 1.83 bits per heavy atom.